The van der Waals surface area contributed by atoms with Gasteiger partial charge in [0.25, 0.3) is 0 Å². The standard InChI is InChI=1S/C17H14O3/c1-2-11-8-9-14-13(10-11)15(16(20-14)17(18)19)12-6-4-3-5-7-12/h3-10H,2H2,1H3,(H,18,19). The second-order valence-corrected chi connectivity index (χ2v) is 4.66. The highest BCUT2D eigenvalue weighted by Gasteiger charge is 2.21. The lowest BCUT2D eigenvalue weighted by Crippen LogP contribution is -1.95. The van der Waals surface area contributed by atoms with Crippen molar-refractivity contribution in [3.63, 3.8) is 0 Å². The number of carboxylic acids is 1. The van der Waals surface area contributed by atoms with Gasteiger partial charge in [0.05, 0.1) is 0 Å². The molecule has 2 aromatic carbocycles. The molecule has 0 spiro atoms. The Bertz CT molecular complexity index is 770. The fourth-order valence-corrected chi connectivity index (χ4v) is 2.41. The molecule has 3 nitrogen and oxygen atoms in total. The van der Waals surface area contributed by atoms with Crippen molar-refractivity contribution < 1.29 is 14.3 Å². The van der Waals surface area contributed by atoms with E-state index in [0.717, 1.165) is 22.9 Å². The van der Waals surface area contributed by atoms with Crippen LogP contribution in [0.4, 0.5) is 0 Å². The molecule has 3 aromatic rings. The van der Waals surface area contributed by atoms with Crippen molar-refractivity contribution in [3.05, 3.63) is 59.9 Å². The Morgan fingerprint density at radius 3 is 2.55 bits per heavy atom. The van der Waals surface area contributed by atoms with Gasteiger partial charge in [0.1, 0.15) is 5.58 Å². The number of aryl methyl sites for hydroxylation is 1. The number of benzene rings is 2. The summed E-state index contributed by atoms with van der Waals surface area (Å²) in [7, 11) is 0. The Balaban J connectivity index is 2.36. The van der Waals surface area contributed by atoms with Crippen molar-refractivity contribution in [2.24, 2.45) is 0 Å². The van der Waals surface area contributed by atoms with Crippen molar-refractivity contribution in [2.45, 2.75) is 13.3 Å². The van der Waals surface area contributed by atoms with Gasteiger partial charge in [-0.1, -0.05) is 43.3 Å². The Hall–Kier alpha value is -2.55. The summed E-state index contributed by atoms with van der Waals surface area (Å²) < 4.78 is 5.51. The minimum atomic E-state index is -1.04. The second-order valence-electron chi connectivity index (χ2n) is 4.66. The summed E-state index contributed by atoms with van der Waals surface area (Å²) in [5, 5.41) is 10.2. The molecule has 0 bridgehead atoms. The lowest BCUT2D eigenvalue weighted by Gasteiger charge is -2.01. The molecular formula is C17H14O3. The van der Waals surface area contributed by atoms with E-state index in [2.05, 4.69) is 6.92 Å². The number of furan rings is 1. The van der Waals surface area contributed by atoms with E-state index in [1.54, 1.807) is 0 Å². The Labute approximate surface area is 116 Å². The van der Waals surface area contributed by atoms with Gasteiger partial charge in [0.2, 0.25) is 5.76 Å². The van der Waals surface area contributed by atoms with Crippen LogP contribution < -0.4 is 0 Å². The Morgan fingerprint density at radius 1 is 1.15 bits per heavy atom. The molecule has 0 fully saturated rings. The van der Waals surface area contributed by atoms with Gasteiger partial charge in [0.15, 0.2) is 0 Å². The molecule has 1 aromatic heterocycles. The lowest BCUT2D eigenvalue weighted by molar-refractivity contribution is 0.0666. The van der Waals surface area contributed by atoms with E-state index in [1.807, 2.05) is 48.5 Å². The normalized spacial score (nSPS) is 10.8. The van der Waals surface area contributed by atoms with E-state index >= 15 is 0 Å². The monoisotopic (exact) mass is 266 g/mol. The van der Waals surface area contributed by atoms with Gasteiger partial charge in [-0.2, -0.15) is 0 Å². The number of hydrogen-bond donors (Lipinski definition) is 1. The van der Waals surface area contributed by atoms with Crippen molar-refractivity contribution in [1.29, 1.82) is 0 Å². The first-order valence-electron chi connectivity index (χ1n) is 6.55. The first-order valence-corrected chi connectivity index (χ1v) is 6.55. The van der Waals surface area contributed by atoms with Gasteiger partial charge >= 0.3 is 5.97 Å². The summed E-state index contributed by atoms with van der Waals surface area (Å²) in [5.74, 6) is -1.04. The average Bonchev–Trinajstić information content (AvgIpc) is 2.86. The molecule has 3 rings (SSSR count). The number of hydrogen-bond acceptors (Lipinski definition) is 2. The van der Waals surface area contributed by atoms with Gasteiger partial charge in [-0.15, -0.1) is 0 Å². The zero-order chi connectivity index (χ0) is 14.1. The van der Waals surface area contributed by atoms with E-state index in [1.165, 1.54) is 0 Å². The fourth-order valence-electron chi connectivity index (χ4n) is 2.41. The maximum Gasteiger partial charge on any atom is 0.372 e. The van der Waals surface area contributed by atoms with E-state index in [4.69, 9.17) is 4.42 Å². The molecule has 0 aliphatic carbocycles. The third-order valence-electron chi connectivity index (χ3n) is 3.42. The maximum absolute atomic E-state index is 11.4. The zero-order valence-electron chi connectivity index (χ0n) is 11.1. The number of rotatable bonds is 3. The number of carbonyl (C=O) groups is 1. The molecule has 0 aliphatic heterocycles. The highest BCUT2D eigenvalue weighted by molar-refractivity contribution is 6.05. The van der Waals surface area contributed by atoms with Crippen LogP contribution >= 0.6 is 0 Å². The predicted molar refractivity (Wildman–Crippen MR) is 78.0 cm³/mol. The first-order chi connectivity index (χ1) is 9.70. The minimum absolute atomic E-state index is 0.000506. The van der Waals surface area contributed by atoms with E-state index < -0.39 is 5.97 Å². The van der Waals surface area contributed by atoms with Crippen LogP contribution in [0.2, 0.25) is 0 Å². The number of aromatic carboxylic acids is 1. The second kappa shape index (κ2) is 4.85. The molecule has 1 N–H and O–H groups in total. The number of carboxylic acid groups (broad SMARTS) is 1. The molecule has 0 aliphatic rings. The predicted octanol–water partition coefficient (Wildman–Crippen LogP) is 4.36. The first kappa shape index (κ1) is 12.5. The van der Waals surface area contributed by atoms with E-state index in [9.17, 15) is 9.90 Å². The largest absolute Gasteiger partial charge is 0.475 e. The van der Waals surface area contributed by atoms with Crippen molar-refractivity contribution >= 4 is 16.9 Å². The molecule has 0 atom stereocenters. The molecule has 100 valence electrons. The van der Waals surface area contributed by atoms with Gasteiger partial charge in [-0.25, -0.2) is 4.79 Å². The van der Waals surface area contributed by atoms with Gasteiger partial charge in [-0.05, 0) is 29.7 Å². The Kier molecular flexibility index (Phi) is 3.03. The highest BCUT2D eigenvalue weighted by Crippen LogP contribution is 2.35. The molecule has 0 saturated heterocycles. The average molecular weight is 266 g/mol. The van der Waals surface area contributed by atoms with Gasteiger partial charge in [-0.3, -0.25) is 0 Å². The molecule has 3 heteroatoms. The molecule has 20 heavy (non-hydrogen) atoms. The zero-order valence-corrected chi connectivity index (χ0v) is 11.1. The van der Waals surface area contributed by atoms with E-state index in [-0.39, 0.29) is 5.76 Å². The van der Waals surface area contributed by atoms with Crippen LogP contribution in [0.3, 0.4) is 0 Å². The minimum Gasteiger partial charge on any atom is -0.475 e. The molecule has 0 saturated carbocycles. The maximum atomic E-state index is 11.4. The van der Waals surface area contributed by atoms with Crippen molar-refractivity contribution in [1.82, 2.24) is 0 Å². The van der Waals surface area contributed by atoms with Crippen LogP contribution in [0.15, 0.2) is 52.9 Å². The van der Waals surface area contributed by atoms with Crippen LogP contribution in [-0.4, -0.2) is 11.1 Å². The fraction of sp³-hybridized carbons (Fsp3) is 0.118. The summed E-state index contributed by atoms with van der Waals surface area (Å²) in [5.41, 5.74) is 3.28. The Morgan fingerprint density at radius 2 is 1.90 bits per heavy atom. The van der Waals surface area contributed by atoms with Crippen LogP contribution in [0.5, 0.6) is 0 Å². The molecule has 0 radical (unpaired) electrons. The molecule has 0 unspecified atom stereocenters. The number of fused-ring (bicyclic) bond motifs is 1. The van der Waals surface area contributed by atoms with Crippen LogP contribution in [0.1, 0.15) is 23.0 Å². The van der Waals surface area contributed by atoms with Crippen LogP contribution in [0.25, 0.3) is 22.1 Å². The lowest BCUT2D eigenvalue weighted by atomic mass is 10.00. The van der Waals surface area contributed by atoms with Crippen LogP contribution in [-0.2, 0) is 6.42 Å². The summed E-state index contributed by atoms with van der Waals surface area (Å²) >= 11 is 0. The highest BCUT2D eigenvalue weighted by atomic mass is 16.4. The van der Waals surface area contributed by atoms with Gasteiger partial charge in [0, 0.05) is 10.9 Å². The van der Waals surface area contributed by atoms with Crippen molar-refractivity contribution in [2.75, 3.05) is 0 Å². The SMILES string of the molecule is CCc1ccc2oc(C(=O)O)c(-c3ccccc3)c2c1. The quantitative estimate of drug-likeness (QED) is 0.766. The summed E-state index contributed by atoms with van der Waals surface area (Å²) in [4.78, 5) is 11.4. The smallest absolute Gasteiger partial charge is 0.372 e. The third-order valence-corrected chi connectivity index (χ3v) is 3.42. The molecule has 1 heterocycles. The van der Waals surface area contributed by atoms with Gasteiger partial charge < -0.3 is 9.52 Å². The van der Waals surface area contributed by atoms with E-state index in [0.29, 0.717) is 11.1 Å². The topological polar surface area (TPSA) is 50.4 Å². The van der Waals surface area contributed by atoms with Crippen molar-refractivity contribution in [3.8, 4) is 11.1 Å². The molecular weight excluding hydrogens is 252 g/mol. The third kappa shape index (κ3) is 1.97. The summed E-state index contributed by atoms with van der Waals surface area (Å²) in [6, 6.07) is 15.3. The summed E-state index contributed by atoms with van der Waals surface area (Å²) in [6.07, 6.45) is 0.901. The summed E-state index contributed by atoms with van der Waals surface area (Å²) in [6.45, 7) is 2.07. The molecule has 0 amide bonds. The van der Waals surface area contributed by atoms with Crippen LogP contribution in [0, 0.1) is 0 Å².